The van der Waals surface area contributed by atoms with Gasteiger partial charge in [0.15, 0.2) is 0 Å². The fourth-order valence-electron chi connectivity index (χ4n) is 3.24. The number of nitrogens with zero attached hydrogens (tertiary/aromatic N) is 1. The second-order valence-electron chi connectivity index (χ2n) is 5.90. The van der Waals surface area contributed by atoms with Crippen LogP contribution in [0.3, 0.4) is 0 Å². The minimum atomic E-state index is -0.540. The van der Waals surface area contributed by atoms with E-state index in [1.807, 2.05) is 35.2 Å². The van der Waals surface area contributed by atoms with Crippen LogP contribution in [-0.4, -0.2) is 42.1 Å². The van der Waals surface area contributed by atoms with Crippen molar-refractivity contribution in [3.8, 4) is 0 Å². The molecule has 114 valence electrons. The topological polar surface area (TPSA) is 58.6 Å². The van der Waals surface area contributed by atoms with Crippen molar-refractivity contribution < 1.29 is 14.3 Å². The molecule has 0 aliphatic carbocycles. The number of alkyl carbamates (subject to hydrolysis) is 1. The highest BCUT2D eigenvalue weighted by Gasteiger charge is 2.45. The maximum Gasteiger partial charge on any atom is 0.407 e. The fourth-order valence-corrected chi connectivity index (χ4v) is 4.27. The van der Waals surface area contributed by atoms with E-state index in [4.69, 9.17) is 4.74 Å². The number of piperidine rings is 1. The number of carbonyl (C=O) groups excluding carboxylic acids is 2. The average Bonchev–Trinajstić information content (AvgIpc) is 3.10. The summed E-state index contributed by atoms with van der Waals surface area (Å²) in [4.78, 5) is 26.7. The standard InChI is InChI=1S/C16H16N2O3S/c19-14(13-8-11-4-1-2-5-12(11)22-13)18-7-3-6-16(10-18)9-17-15(20)21-16/h1-2,4-5,8H,3,6-7,9-10H2,(H,17,20). The van der Waals surface area contributed by atoms with Crippen molar-refractivity contribution in [1.82, 2.24) is 10.2 Å². The molecule has 3 heterocycles. The van der Waals surface area contributed by atoms with Crippen molar-refractivity contribution in [3.05, 3.63) is 35.2 Å². The van der Waals surface area contributed by atoms with Crippen LogP contribution < -0.4 is 5.32 Å². The first-order valence-corrected chi connectivity index (χ1v) is 8.22. The third kappa shape index (κ3) is 2.23. The molecule has 1 unspecified atom stereocenters. The van der Waals surface area contributed by atoms with Gasteiger partial charge in [0.25, 0.3) is 5.91 Å². The lowest BCUT2D eigenvalue weighted by atomic mass is 9.93. The molecule has 2 saturated heterocycles. The molecule has 1 aromatic carbocycles. The van der Waals surface area contributed by atoms with Gasteiger partial charge < -0.3 is 15.0 Å². The van der Waals surface area contributed by atoms with Crippen LogP contribution in [0.1, 0.15) is 22.5 Å². The normalized spacial score (nSPS) is 24.5. The van der Waals surface area contributed by atoms with Gasteiger partial charge in [-0.15, -0.1) is 11.3 Å². The highest BCUT2D eigenvalue weighted by Crippen LogP contribution is 2.31. The Morgan fingerprint density at radius 2 is 2.23 bits per heavy atom. The van der Waals surface area contributed by atoms with Gasteiger partial charge >= 0.3 is 6.09 Å². The van der Waals surface area contributed by atoms with Gasteiger partial charge in [-0.1, -0.05) is 18.2 Å². The Kier molecular flexibility index (Phi) is 3.07. The van der Waals surface area contributed by atoms with E-state index in [-0.39, 0.29) is 12.0 Å². The SMILES string of the molecule is O=C1NCC2(CCCN(C(=O)c3cc4ccccc4s3)C2)O1. The van der Waals surface area contributed by atoms with Crippen molar-refractivity contribution in [3.63, 3.8) is 0 Å². The molecule has 22 heavy (non-hydrogen) atoms. The monoisotopic (exact) mass is 316 g/mol. The van der Waals surface area contributed by atoms with Gasteiger partial charge in [-0.25, -0.2) is 4.79 Å². The van der Waals surface area contributed by atoms with Gasteiger partial charge in [-0.05, 0) is 30.4 Å². The highest BCUT2D eigenvalue weighted by atomic mass is 32.1. The number of nitrogens with one attached hydrogen (secondary N) is 1. The van der Waals surface area contributed by atoms with E-state index in [2.05, 4.69) is 5.32 Å². The van der Waals surface area contributed by atoms with Crippen LogP contribution in [0.15, 0.2) is 30.3 Å². The smallest absolute Gasteiger partial charge is 0.407 e. The number of hydrogen-bond acceptors (Lipinski definition) is 4. The Bertz CT molecular complexity index is 724. The van der Waals surface area contributed by atoms with E-state index in [1.165, 1.54) is 11.3 Å². The predicted molar refractivity (Wildman–Crippen MR) is 84.2 cm³/mol. The summed E-state index contributed by atoms with van der Waals surface area (Å²) < 4.78 is 6.54. The molecule has 1 spiro atoms. The first-order chi connectivity index (χ1) is 10.7. The van der Waals surface area contributed by atoms with Crippen LogP contribution in [0.5, 0.6) is 0 Å². The van der Waals surface area contributed by atoms with Gasteiger partial charge in [0.05, 0.1) is 18.0 Å². The number of thiophene rings is 1. The Morgan fingerprint density at radius 3 is 3.00 bits per heavy atom. The molecular weight excluding hydrogens is 300 g/mol. The maximum atomic E-state index is 12.8. The number of hydrogen-bond donors (Lipinski definition) is 1. The lowest BCUT2D eigenvalue weighted by Crippen LogP contribution is -2.52. The molecule has 2 aromatic rings. The molecule has 1 N–H and O–H groups in total. The summed E-state index contributed by atoms with van der Waals surface area (Å²) >= 11 is 1.52. The van der Waals surface area contributed by atoms with Crippen LogP contribution in [0, 0.1) is 0 Å². The molecule has 4 rings (SSSR count). The van der Waals surface area contributed by atoms with E-state index in [1.54, 1.807) is 0 Å². The van der Waals surface area contributed by atoms with Gasteiger partial charge in [0.1, 0.15) is 5.60 Å². The van der Waals surface area contributed by atoms with Gasteiger partial charge in [-0.2, -0.15) is 0 Å². The zero-order valence-electron chi connectivity index (χ0n) is 12.0. The lowest BCUT2D eigenvalue weighted by molar-refractivity contribution is -0.00486. The summed E-state index contributed by atoms with van der Waals surface area (Å²) in [5.74, 6) is 0.0308. The number of fused-ring (bicyclic) bond motifs is 1. The largest absolute Gasteiger partial charge is 0.439 e. The van der Waals surface area contributed by atoms with Crippen LogP contribution >= 0.6 is 11.3 Å². The molecule has 2 fully saturated rings. The summed E-state index contributed by atoms with van der Waals surface area (Å²) in [5, 5.41) is 3.80. The zero-order chi connectivity index (χ0) is 15.2. The molecule has 1 atom stereocenters. The summed E-state index contributed by atoms with van der Waals surface area (Å²) in [6.07, 6.45) is 1.28. The Morgan fingerprint density at radius 1 is 1.36 bits per heavy atom. The minimum Gasteiger partial charge on any atom is -0.439 e. The summed E-state index contributed by atoms with van der Waals surface area (Å²) in [6.45, 7) is 1.67. The van der Waals surface area contributed by atoms with E-state index < -0.39 is 5.60 Å². The van der Waals surface area contributed by atoms with E-state index in [0.29, 0.717) is 19.6 Å². The van der Waals surface area contributed by atoms with E-state index in [0.717, 1.165) is 27.8 Å². The van der Waals surface area contributed by atoms with Crippen LogP contribution in [-0.2, 0) is 4.74 Å². The summed E-state index contributed by atoms with van der Waals surface area (Å²) in [6, 6.07) is 9.94. The second kappa shape index (κ2) is 4.98. The molecule has 0 bridgehead atoms. The molecular formula is C16H16N2O3S. The first-order valence-electron chi connectivity index (χ1n) is 7.40. The minimum absolute atomic E-state index is 0.0308. The molecule has 2 aliphatic heterocycles. The molecule has 0 saturated carbocycles. The first kappa shape index (κ1) is 13.6. The Labute approximate surface area is 131 Å². The van der Waals surface area contributed by atoms with Crippen molar-refractivity contribution >= 4 is 33.4 Å². The molecule has 5 nitrogen and oxygen atoms in total. The number of ether oxygens (including phenoxy) is 1. The molecule has 6 heteroatoms. The molecule has 0 radical (unpaired) electrons. The van der Waals surface area contributed by atoms with Crippen molar-refractivity contribution in [2.75, 3.05) is 19.6 Å². The maximum absolute atomic E-state index is 12.8. The predicted octanol–water partition coefficient (Wildman–Crippen LogP) is 2.62. The quantitative estimate of drug-likeness (QED) is 0.880. The third-order valence-electron chi connectivity index (χ3n) is 4.33. The molecule has 2 aliphatic rings. The van der Waals surface area contributed by atoms with Gasteiger partial charge in [0.2, 0.25) is 0 Å². The Hall–Kier alpha value is -2.08. The van der Waals surface area contributed by atoms with E-state index in [9.17, 15) is 9.59 Å². The number of rotatable bonds is 1. The van der Waals surface area contributed by atoms with Crippen LogP contribution in [0.4, 0.5) is 4.79 Å². The Balaban J connectivity index is 1.58. The van der Waals surface area contributed by atoms with Crippen molar-refractivity contribution in [1.29, 1.82) is 0 Å². The second-order valence-corrected chi connectivity index (χ2v) is 6.99. The average molecular weight is 316 g/mol. The van der Waals surface area contributed by atoms with Crippen molar-refractivity contribution in [2.45, 2.75) is 18.4 Å². The third-order valence-corrected chi connectivity index (χ3v) is 5.43. The highest BCUT2D eigenvalue weighted by molar-refractivity contribution is 7.20. The molecule has 1 aromatic heterocycles. The summed E-state index contributed by atoms with van der Waals surface area (Å²) in [7, 11) is 0. The van der Waals surface area contributed by atoms with Crippen LogP contribution in [0.25, 0.3) is 10.1 Å². The molecule has 2 amide bonds. The lowest BCUT2D eigenvalue weighted by Gasteiger charge is -2.37. The fraction of sp³-hybridized carbons (Fsp3) is 0.375. The van der Waals surface area contributed by atoms with Gasteiger partial charge in [-0.3, -0.25) is 4.79 Å². The number of carbonyl (C=O) groups is 2. The van der Waals surface area contributed by atoms with Crippen molar-refractivity contribution in [2.24, 2.45) is 0 Å². The number of likely N-dealkylation sites (tertiary alicyclic amines) is 1. The number of benzene rings is 1. The van der Waals surface area contributed by atoms with E-state index >= 15 is 0 Å². The zero-order valence-corrected chi connectivity index (χ0v) is 12.8. The summed E-state index contributed by atoms with van der Waals surface area (Å²) in [5.41, 5.74) is -0.540. The van der Waals surface area contributed by atoms with Crippen LogP contribution in [0.2, 0.25) is 0 Å². The van der Waals surface area contributed by atoms with Gasteiger partial charge in [0, 0.05) is 11.2 Å². The number of amides is 2.